The van der Waals surface area contributed by atoms with Gasteiger partial charge in [0.25, 0.3) is 0 Å². The van der Waals surface area contributed by atoms with Crippen LogP contribution >= 0.6 is 11.6 Å². The number of esters is 2. The third-order valence-electron chi connectivity index (χ3n) is 9.03. The summed E-state index contributed by atoms with van der Waals surface area (Å²) in [6, 6.07) is 36.5. The number of benzene rings is 5. The number of ether oxygens (including phenoxy) is 4. The zero-order valence-electron chi connectivity index (χ0n) is 32.2. The van der Waals surface area contributed by atoms with E-state index < -0.39 is 5.97 Å². The summed E-state index contributed by atoms with van der Waals surface area (Å²) in [5, 5.41) is 9.26. The van der Waals surface area contributed by atoms with E-state index in [2.05, 4.69) is 17.2 Å². The first-order chi connectivity index (χ1) is 27.4. The molecule has 0 saturated heterocycles. The molecular formula is C47H51ClN2O6. The number of carbonyl (C=O) groups excluding carboxylic acids is 2. The van der Waals surface area contributed by atoms with Gasteiger partial charge in [0, 0.05) is 29.6 Å². The molecule has 0 aliphatic carbocycles. The predicted octanol–water partition coefficient (Wildman–Crippen LogP) is 13.7. The van der Waals surface area contributed by atoms with Crippen LogP contribution in [0, 0.1) is 0 Å². The van der Waals surface area contributed by atoms with Gasteiger partial charge in [-0.1, -0.05) is 106 Å². The Morgan fingerprint density at radius 2 is 1.09 bits per heavy atom. The van der Waals surface area contributed by atoms with Crippen molar-refractivity contribution >= 4 is 34.9 Å². The maximum Gasteiger partial charge on any atom is 0.343 e. The first-order valence-electron chi connectivity index (χ1n) is 19.7. The standard InChI is InChI=1S/C47H51ClN2O6/c1-2-3-4-5-6-7-8-14-31-53-42-27-21-38(22-28-42)47(52)56-45-34-41(50-49-40-25-23-39(48)24-26-40)33-44(35-45)54-32-15-10-13-18-46(51)55-43-29-19-37(20-30-43)36-16-11-9-12-17-36/h9,11-12,16-17,19-30,33-35H,2-8,10,13-15,18,31-32H2,1H3. The van der Waals surface area contributed by atoms with Crippen molar-refractivity contribution in [2.24, 2.45) is 10.2 Å². The van der Waals surface area contributed by atoms with Gasteiger partial charge in [-0.3, -0.25) is 4.79 Å². The maximum atomic E-state index is 13.2. The van der Waals surface area contributed by atoms with Gasteiger partial charge in [0.05, 0.1) is 30.2 Å². The lowest BCUT2D eigenvalue weighted by molar-refractivity contribution is -0.134. The van der Waals surface area contributed by atoms with Crippen molar-refractivity contribution in [2.45, 2.75) is 84.0 Å². The average Bonchev–Trinajstić information content (AvgIpc) is 3.22. The molecule has 5 rings (SSSR count). The van der Waals surface area contributed by atoms with E-state index in [1.54, 1.807) is 66.7 Å². The summed E-state index contributed by atoms with van der Waals surface area (Å²) in [5.74, 6) is 1.20. The summed E-state index contributed by atoms with van der Waals surface area (Å²) in [4.78, 5) is 25.6. The zero-order chi connectivity index (χ0) is 39.2. The summed E-state index contributed by atoms with van der Waals surface area (Å²) >= 11 is 6.02. The highest BCUT2D eigenvalue weighted by molar-refractivity contribution is 6.30. The third-order valence-corrected chi connectivity index (χ3v) is 9.28. The normalized spacial score (nSPS) is 11.0. The maximum absolute atomic E-state index is 13.2. The highest BCUT2D eigenvalue weighted by Crippen LogP contribution is 2.31. The summed E-state index contributed by atoms with van der Waals surface area (Å²) < 4.78 is 23.2. The molecule has 0 saturated carbocycles. The molecule has 0 heterocycles. The van der Waals surface area contributed by atoms with Crippen LogP contribution in [0.5, 0.6) is 23.0 Å². The average molecular weight is 775 g/mol. The van der Waals surface area contributed by atoms with Gasteiger partial charge in [0.1, 0.15) is 23.0 Å². The van der Waals surface area contributed by atoms with Gasteiger partial charge in [-0.2, -0.15) is 10.2 Å². The Morgan fingerprint density at radius 1 is 0.518 bits per heavy atom. The third kappa shape index (κ3) is 15.0. The van der Waals surface area contributed by atoms with Crippen molar-refractivity contribution < 1.29 is 28.5 Å². The van der Waals surface area contributed by atoms with Gasteiger partial charge in [0.15, 0.2) is 0 Å². The molecule has 0 unspecified atom stereocenters. The number of carbonyl (C=O) groups is 2. The predicted molar refractivity (Wildman–Crippen MR) is 223 cm³/mol. The Morgan fingerprint density at radius 3 is 1.79 bits per heavy atom. The monoisotopic (exact) mass is 774 g/mol. The van der Waals surface area contributed by atoms with E-state index in [-0.39, 0.29) is 11.7 Å². The molecule has 0 N–H and O–H groups in total. The second-order valence-corrected chi connectivity index (χ2v) is 14.0. The van der Waals surface area contributed by atoms with Gasteiger partial charge in [0.2, 0.25) is 0 Å². The molecule has 0 atom stereocenters. The molecule has 0 radical (unpaired) electrons. The van der Waals surface area contributed by atoms with Crippen molar-refractivity contribution in [1.82, 2.24) is 0 Å². The quantitative estimate of drug-likeness (QED) is 0.0284. The summed E-state index contributed by atoms with van der Waals surface area (Å²) in [7, 11) is 0. The van der Waals surface area contributed by atoms with E-state index in [0.717, 1.165) is 36.1 Å². The van der Waals surface area contributed by atoms with Crippen molar-refractivity contribution in [3.63, 3.8) is 0 Å². The molecule has 0 aliphatic rings. The largest absolute Gasteiger partial charge is 0.494 e. The Bertz CT molecular complexity index is 1950. The van der Waals surface area contributed by atoms with Crippen molar-refractivity contribution in [2.75, 3.05) is 13.2 Å². The Labute approximate surface area is 335 Å². The van der Waals surface area contributed by atoms with E-state index in [1.807, 2.05) is 54.6 Å². The number of nitrogens with zero attached hydrogens (tertiary/aromatic N) is 2. The minimum atomic E-state index is -0.517. The van der Waals surface area contributed by atoms with Crippen molar-refractivity contribution in [3.05, 3.63) is 132 Å². The van der Waals surface area contributed by atoms with Crippen LogP contribution in [-0.4, -0.2) is 25.2 Å². The van der Waals surface area contributed by atoms with Crippen LogP contribution in [0.3, 0.4) is 0 Å². The highest BCUT2D eigenvalue weighted by Gasteiger charge is 2.12. The first kappa shape index (κ1) is 41.7. The lowest BCUT2D eigenvalue weighted by atomic mass is 10.1. The Hall–Kier alpha value is -5.47. The number of hydrogen-bond donors (Lipinski definition) is 0. The van der Waals surface area contributed by atoms with Crippen LogP contribution in [-0.2, 0) is 4.79 Å². The second-order valence-electron chi connectivity index (χ2n) is 13.6. The molecule has 5 aromatic carbocycles. The minimum absolute atomic E-state index is 0.270. The lowest BCUT2D eigenvalue weighted by Crippen LogP contribution is -2.09. The fourth-order valence-corrected chi connectivity index (χ4v) is 6.05. The van der Waals surface area contributed by atoms with Crippen LogP contribution in [0.4, 0.5) is 11.4 Å². The van der Waals surface area contributed by atoms with Crippen molar-refractivity contribution in [1.29, 1.82) is 0 Å². The fourth-order valence-electron chi connectivity index (χ4n) is 5.93. The van der Waals surface area contributed by atoms with Crippen LogP contribution < -0.4 is 18.9 Å². The smallest absolute Gasteiger partial charge is 0.343 e. The number of halogens is 1. The first-order valence-corrected chi connectivity index (χ1v) is 20.1. The molecule has 0 aromatic heterocycles. The number of azo groups is 1. The zero-order valence-corrected chi connectivity index (χ0v) is 32.9. The molecule has 292 valence electrons. The van der Waals surface area contributed by atoms with Crippen LogP contribution in [0.2, 0.25) is 5.02 Å². The van der Waals surface area contributed by atoms with Crippen LogP contribution in [0.25, 0.3) is 11.1 Å². The summed E-state index contributed by atoms with van der Waals surface area (Å²) in [6.07, 6.45) is 12.3. The van der Waals surface area contributed by atoms with Crippen LogP contribution in [0.1, 0.15) is 94.3 Å². The molecule has 56 heavy (non-hydrogen) atoms. The van der Waals surface area contributed by atoms with Gasteiger partial charge in [-0.15, -0.1) is 0 Å². The highest BCUT2D eigenvalue weighted by atomic mass is 35.5. The minimum Gasteiger partial charge on any atom is -0.494 e. The van der Waals surface area contributed by atoms with Crippen molar-refractivity contribution in [3.8, 4) is 34.1 Å². The SMILES string of the molecule is CCCCCCCCCCOc1ccc(C(=O)Oc2cc(N=Nc3ccc(Cl)cc3)cc(OCCCCCC(=O)Oc3ccc(-c4ccccc4)cc3)c2)cc1. The molecule has 0 bridgehead atoms. The van der Waals surface area contributed by atoms with Crippen LogP contribution in [0.15, 0.2) is 132 Å². The number of hydrogen-bond acceptors (Lipinski definition) is 8. The topological polar surface area (TPSA) is 95.8 Å². The molecule has 0 fully saturated rings. The Balaban J connectivity index is 1.08. The summed E-state index contributed by atoms with van der Waals surface area (Å²) in [6.45, 7) is 3.28. The lowest BCUT2D eigenvalue weighted by Gasteiger charge is -2.11. The summed E-state index contributed by atoms with van der Waals surface area (Å²) in [5.41, 5.74) is 3.62. The van der Waals surface area contributed by atoms with Gasteiger partial charge in [-0.05, 0) is 97.5 Å². The molecule has 9 heteroatoms. The molecule has 0 amide bonds. The Kier molecular flexibility index (Phi) is 17.5. The molecule has 0 spiro atoms. The van der Waals surface area contributed by atoms with E-state index >= 15 is 0 Å². The molecular weight excluding hydrogens is 724 g/mol. The molecule has 0 aliphatic heterocycles. The fraction of sp³-hybridized carbons (Fsp3) is 0.319. The van der Waals surface area contributed by atoms with E-state index in [0.29, 0.717) is 65.9 Å². The number of rotatable bonds is 23. The second kappa shape index (κ2) is 23.4. The van der Waals surface area contributed by atoms with Gasteiger partial charge >= 0.3 is 11.9 Å². The molecule has 8 nitrogen and oxygen atoms in total. The van der Waals surface area contributed by atoms with E-state index in [4.69, 9.17) is 30.5 Å². The van der Waals surface area contributed by atoms with E-state index in [1.165, 1.54) is 38.5 Å². The molecule has 5 aromatic rings. The van der Waals surface area contributed by atoms with Gasteiger partial charge < -0.3 is 18.9 Å². The number of unbranched alkanes of at least 4 members (excludes halogenated alkanes) is 9. The van der Waals surface area contributed by atoms with E-state index in [9.17, 15) is 9.59 Å². The van der Waals surface area contributed by atoms with Gasteiger partial charge in [-0.25, -0.2) is 4.79 Å².